The minimum absolute atomic E-state index is 0.0296. The van der Waals surface area contributed by atoms with Crippen molar-refractivity contribution in [2.75, 3.05) is 163 Å². The smallest absolute Gasteiger partial charge is 0.161 e. The summed E-state index contributed by atoms with van der Waals surface area (Å²) in [7, 11) is 1.19. The van der Waals surface area contributed by atoms with Crippen LogP contribution in [0.25, 0.3) is 0 Å². The number of piperidine rings is 6. The Kier molecular flexibility index (Phi) is 13.6. The Bertz CT molecular complexity index is 9430. The van der Waals surface area contributed by atoms with Crippen molar-refractivity contribution in [1.82, 2.24) is 29.4 Å². The van der Waals surface area contributed by atoms with Crippen molar-refractivity contribution >= 4 is 0 Å². The Labute approximate surface area is 990 Å². The van der Waals surface area contributed by atoms with Crippen LogP contribution in [0, 0.1) is 68.9 Å². The molecule has 6 N–H and O–H groups in total. The summed E-state index contributed by atoms with van der Waals surface area (Å²) >= 11 is 0. The molecule has 18 unspecified atom stereocenters. The fraction of sp³-hybridized carbons (Fsp3) is 0.695. The number of rotatable bonds is 20. The lowest BCUT2D eigenvalue weighted by Crippen LogP contribution is -2.48. The van der Waals surface area contributed by atoms with Crippen LogP contribution < -0.4 is 56.8 Å². The van der Waals surface area contributed by atoms with Crippen LogP contribution in [0.4, 0.5) is 0 Å². The molecule has 0 spiro atoms. The number of hydrogen-bond acceptors (Lipinski definition) is 24. The van der Waals surface area contributed by atoms with Gasteiger partial charge in [0.2, 0.25) is 0 Å². The minimum Gasteiger partial charge on any atom is -0.493 e. The second kappa shape index (κ2) is 48.2. The number of methoxy groups -OCH3 is 12. The molecular formula is C118H182N6O18. The number of ether oxygens (including phenoxy) is 12. The maximum absolute atomic E-state index is 11.6. The van der Waals surface area contributed by atoms with Gasteiger partial charge in [0.15, 0.2) is 69.0 Å². The fourth-order valence-electron chi connectivity index (χ4n) is 15.7. The van der Waals surface area contributed by atoms with E-state index in [4.69, 9.17) is 190 Å². The summed E-state index contributed by atoms with van der Waals surface area (Å²) in [6.07, 6.45) is -78.4. The summed E-state index contributed by atoms with van der Waals surface area (Å²) in [5.41, 5.74) is -21.6. The predicted molar refractivity (Wildman–Crippen MR) is 565 cm³/mol. The molecule has 12 aliphatic heterocycles. The van der Waals surface area contributed by atoms with Crippen LogP contribution in [-0.4, -0.2) is 260 Å². The zero-order chi connectivity index (χ0) is 189. The number of aliphatic hydroxyl groups excluding tert-OH is 1. The van der Waals surface area contributed by atoms with Gasteiger partial charge in [-0.25, -0.2) is 0 Å². The highest BCUT2D eigenvalue weighted by Gasteiger charge is 2.48. The van der Waals surface area contributed by atoms with Gasteiger partial charge in [-0.15, -0.1) is 0 Å². The van der Waals surface area contributed by atoms with Crippen LogP contribution in [0.3, 0.4) is 0 Å². The molecule has 0 aliphatic carbocycles. The number of benzene rings is 6. The zero-order valence-corrected chi connectivity index (χ0v) is 80.0. The van der Waals surface area contributed by atoms with Gasteiger partial charge in [-0.2, -0.15) is 0 Å². The van der Waals surface area contributed by atoms with Gasteiger partial charge in [0.05, 0.1) is 142 Å². The molecule has 0 aromatic heterocycles. The average Bonchev–Trinajstić information content (AvgIpc) is 0.641. The van der Waals surface area contributed by atoms with Crippen molar-refractivity contribution in [3.05, 3.63) is 140 Å². The first kappa shape index (κ1) is 40.1. The first-order chi connectivity index (χ1) is 105. The fourth-order valence-corrected chi connectivity index (χ4v) is 15.7. The minimum atomic E-state index is -4.57. The zero-order valence-electron chi connectivity index (χ0n) is 178. The van der Waals surface area contributed by atoms with E-state index in [0.29, 0.717) is 30.9 Å². The molecule has 0 amide bonds. The van der Waals surface area contributed by atoms with Gasteiger partial charge in [0, 0.05) is 228 Å². The Balaban J connectivity index is 0.000000228. The van der Waals surface area contributed by atoms with E-state index in [1.54, 1.807) is 13.8 Å². The quantitative estimate of drug-likeness (QED) is 0.0415. The summed E-state index contributed by atoms with van der Waals surface area (Å²) in [5.74, 6) is -25.9. The molecule has 18 atom stereocenters. The van der Waals surface area contributed by atoms with E-state index in [0.717, 1.165) is 84.1 Å². The lowest BCUT2D eigenvalue weighted by Gasteiger charge is -2.47. The summed E-state index contributed by atoms with van der Waals surface area (Å²) in [5, 5.41) is 68.3. The number of aliphatic hydroxyl groups is 6. The molecule has 12 heterocycles. The molecule has 6 aromatic carbocycles. The third-order valence-electron chi connectivity index (χ3n) is 22.0. The van der Waals surface area contributed by atoms with Gasteiger partial charge in [-0.05, 0) is 323 Å². The number of aryl methyl sites for hydroxylation is 6. The first-order valence-electron chi connectivity index (χ1n) is 92.4. The monoisotopic (exact) mass is 2070 g/mol. The summed E-state index contributed by atoms with van der Waals surface area (Å²) in [4.78, 5) is -0.112. The van der Waals surface area contributed by atoms with Crippen molar-refractivity contribution in [3.8, 4) is 69.0 Å². The van der Waals surface area contributed by atoms with Crippen molar-refractivity contribution in [2.24, 2.45) is 68.9 Å². The molecule has 24 nitrogen and oxygen atoms in total. The Morgan fingerprint density at radius 1 is 0.303 bits per heavy atom. The van der Waals surface area contributed by atoms with E-state index in [1.165, 1.54) is 40.6 Å². The first-order valence-corrected chi connectivity index (χ1v) is 43.4. The Morgan fingerprint density at radius 3 is 0.746 bits per heavy atom. The van der Waals surface area contributed by atoms with Gasteiger partial charge in [-0.3, -0.25) is 29.4 Å². The van der Waals surface area contributed by atoms with Crippen molar-refractivity contribution in [2.45, 2.75) is 298 Å². The van der Waals surface area contributed by atoms with Gasteiger partial charge in [-0.1, -0.05) is 110 Å². The highest BCUT2D eigenvalue weighted by Crippen LogP contribution is 2.53. The SMILES string of the molecule is [2H]C([2H])([2H])C(C)(C([2H])([2H])[2H])C([2H])([2H])C1([2H])C([2H])([2H])N2C(c3cc(OC)c(OC)cc3C([2H])([2H])C2([2H])[2H])C([2H])([2H])C1([2H])O.[2H]C([2H])([2H])C(C)(C([2H])([2H])[2H])C([2H])([2H])C1([2H])C([2H])([2H])N2C(c3cc(OC)c(OC)cc3C([2H])([2H])C2([2H])[2H])C([2H])([2H])C1([2H])O.[2H]C([2H])([2H])Oc1cc2c(cc1OC)C([2H])([2H])C([2H])([2H])N1C2C([2H])([2H])C([2H])(O)C([2H])(C([2H])([2H])C(C)(C([2H])([2H])[2H])C([2H])([2H])[2H])C1([2H])[2H].[2H]C([2H])([2H])Oc1cc2c(cc1OC)C([2H])([2H])C([2H])([2H])N1C2C([2H])([2H])C([2H])(O)C([2H])(C([2H])([2H])C(C)(C([2H])([2H])[2H])C([2H])([2H])[2H])C1([2H])[2H].[2H]C([2H])([2H])Oc1cc2c(cc1OC)C([2H])([2H])C([2H])([2H])N1C2C([2H])([2H])C([2H])(O)C([2H])(CC(C)C)C1([2H])[2H].[2H]C12CC(O)C(CC(C)C)C([2H])([2H])N1C([2H])([2H])C([2H])([2H])c1cc(OC)c(OC)cc12. The second-order valence-corrected chi connectivity index (χ2v) is 34.2. The largest absolute Gasteiger partial charge is 0.493 e. The lowest BCUT2D eigenvalue weighted by atomic mass is 9.75. The highest BCUT2D eigenvalue weighted by atomic mass is 16.5. The van der Waals surface area contributed by atoms with Crippen molar-refractivity contribution in [3.63, 3.8) is 0 Å². The molecule has 6 saturated heterocycles. The van der Waals surface area contributed by atoms with E-state index in [-0.39, 0.29) is 108 Å². The maximum atomic E-state index is 11.6. The number of fused-ring (bicyclic) bond motifs is 18. The molecule has 6 aromatic rings. The Morgan fingerprint density at radius 2 is 0.514 bits per heavy atom. The second-order valence-electron chi connectivity index (χ2n) is 34.2. The standard InChI is InChI=1S/4C20H31NO3.2C19H29NO3/c4*1-20(2,3)11-14-12-21-7-6-13-8-18(23-4)19(24-5)9-15(13)16(21)10-17(14)22;2*1-12(2)7-14-11-20-6-5-13-8-18(22-3)19(23-4)9-15(13)16(20)10-17(14)21/h4*8-9,14,16-17,22H,6-7,10-12H2,1-5H3;2*8-9,12,14,16-17,21H,5-7,10-11H2,1-4H3/i2*1D3,2D3,5D3,6D2,7D2,10D2,11D2,12D2,14D,17D;2*1D3,2D3,6D2,7D2,10D2,11D2,12D2,14D,17D;4D3,5D2,6D2,10D2,11D2,14D,17D;5D2,6D2,11D2,16D. The van der Waals surface area contributed by atoms with E-state index < -0.39 is 476 Å². The molecule has 142 heavy (non-hydrogen) atoms. The van der Waals surface area contributed by atoms with Gasteiger partial charge < -0.3 is 87.5 Å². The van der Waals surface area contributed by atoms with Crippen LogP contribution >= 0.6 is 0 Å². The molecule has 0 radical (unpaired) electrons. The van der Waals surface area contributed by atoms with Crippen LogP contribution in [-0.2, 0) is 38.2 Å². The Hall–Kier alpha value is -7.56. The van der Waals surface area contributed by atoms with Crippen LogP contribution in [0.5, 0.6) is 69.0 Å². The summed E-state index contributed by atoms with van der Waals surface area (Å²) in [6.45, 7) is -67.1. The molecular weight excluding hydrogens is 1790 g/mol. The number of nitrogens with zero attached hydrogens (tertiary/aromatic N) is 6. The van der Waals surface area contributed by atoms with Crippen LogP contribution in [0.1, 0.15) is 424 Å². The molecule has 12 aliphatic rings. The third-order valence-corrected chi connectivity index (χ3v) is 22.0. The van der Waals surface area contributed by atoms with Crippen molar-refractivity contribution in [1.29, 1.82) is 0 Å². The van der Waals surface area contributed by atoms with E-state index >= 15 is 0 Å². The third kappa shape index (κ3) is 27.1. The molecule has 0 saturated carbocycles. The van der Waals surface area contributed by atoms with Crippen molar-refractivity contribution < 1.29 is 222 Å². The predicted octanol–water partition coefficient (Wildman–Crippen LogP) is 19.7. The number of hydrogen-bond donors (Lipinski definition) is 6. The molecule has 0 bridgehead atoms. The van der Waals surface area contributed by atoms with Gasteiger partial charge in [0.1, 0.15) is 0 Å². The molecule has 792 valence electrons. The highest BCUT2D eigenvalue weighted by molar-refractivity contribution is 5.55. The van der Waals surface area contributed by atoms with E-state index in [2.05, 4.69) is 0 Å². The van der Waals surface area contributed by atoms with Gasteiger partial charge >= 0.3 is 0 Å². The summed E-state index contributed by atoms with van der Waals surface area (Å²) in [6, 6.07) is -3.32. The summed E-state index contributed by atoms with van der Waals surface area (Å²) < 4.78 is 888. The molecule has 24 heteroatoms. The van der Waals surface area contributed by atoms with E-state index in [9.17, 15) is 32.0 Å². The molecule has 18 rings (SSSR count). The maximum Gasteiger partial charge on any atom is 0.161 e. The normalized spacial score (nSPS) is 52.8. The lowest BCUT2D eigenvalue weighted by molar-refractivity contribution is -0.0259. The molecule has 6 fully saturated rings. The topological polar surface area (TPSA) is 252 Å². The van der Waals surface area contributed by atoms with Crippen LogP contribution in [0.15, 0.2) is 72.8 Å². The average molecular weight is 2070 g/mol. The van der Waals surface area contributed by atoms with Crippen LogP contribution in [0.2, 0.25) is 0 Å². The van der Waals surface area contributed by atoms with E-state index in [1.807, 2.05) is 13.8 Å². The van der Waals surface area contributed by atoms with Gasteiger partial charge in [0.25, 0.3) is 0 Å².